The molecule has 0 aliphatic carbocycles. The van der Waals surface area contributed by atoms with E-state index in [1.165, 1.54) is 4.90 Å². The summed E-state index contributed by atoms with van der Waals surface area (Å²) < 4.78 is 0. The fourth-order valence-electron chi connectivity index (χ4n) is 1.06. The smallest absolute Gasteiger partial charge is 0.319 e. The first-order chi connectivity index (χ1) is 5.78. The number of likely N-dealkylation sites (N-methyl/N-ethyl adjacent to an activating group) is 1. The molecule has 0 bridgehead atoms. The zero-order valence-electron chi connectivity index (χ0n) is 9.16. The number of carbonyl (C=O) groups is 1. The first-order valence-corrected chi connectivity index (χ1v) is 4.46. The van der Waals surface area contributed by atoms with Gasteiger partial charge in [-0.25, -0.2) is 4.79 Å². The van der Waals surface area contributed by atoms with E-state index in [0.29, 0.717) is 13.1 Å². The third-order valence-corrected chi connectivity index (χ3v) is 1.61. The second-order valence-corrected chi connectivity index (χ2v) is 4.00. The quantitative estimate of drug-likeness (QED) is 0.710. The van der Waals surface area contributed by atoms with E-state index in [4.69, 9.17) is 0 Å². The molecule has 0 spiro atoms. The fourth-order valence-corrected chi connectivity index (χ4v) is 1.06. The molecule has 4 heteroatoms. The minimum atomic E-state index is -0.832. The Hall–Kier alpha value is -0.770. The van der Waals surface area contributed by atoms with Gasteiger partial charge in [0.15, 0.2) is 0 Å². The van der Waals surface area contributed by atoms with Crippen molar-refractivity contribution < 1.29 is 9.90 Å². The molecule has 1 N–H and O–H groups in total. The van der Waals surface area contributed by atoms with E-state index in [1.807, 2.05) is 6.92 Å². The number of urea groups is 1. The van der Waals surface area contributed by atoms with Crippen LogP contribution in [0.3, 0.4) is 0 Å². The minimum Gasteiger partial charge on any atom is -0.389 e. The van der Waals surface area contributed by atoms with Gasteiger partial charge in [-0.3, -0.25) is 0 Å². The second-order valence-electron chi connectivity index (χ2n) is 4.00. The van der Waals surface area contributed by atoms with Crippen molar-refractivity contribution in [2.45, 2.75) is 26.4 Å². The molecule has 0 unspecified atom stereocenters. The summed E-state index contributed by atoms with van der Waals surface area (Å²) >= 11 is 0. The van der Waals surface area contributed by atoms with Crippen molar-refractivity contribution in [3.63, 3.8) is 0 Å². The molecule has 0 aromatic rings. The fraction of sp³-hybridized carbons (Fsp3) is 0.889. The van der Waals surface area contributed by atoms with E-state index in [1.54, 1.807) is 32.8 Å². The maximum absolute atomic E-state index is 11.5. The maximum atomic E-state index is 11.5. The highest BCUT2D eigenvalue weighted by molar-refractivity contribution is 5.73. The van der Waals surface area contributed by atoms with Gasteiger partial charge in [0.25, 0.3) is 0 Å². The molecule has 13 heavy (non-hydrogen) atoms. The molecular formula is C9H20N2O2. The van der Waals surface area contributed by atoms with Crippen LogP contribution in [-0.2, 0) is 0 Å². The topological polar surface area (TPSA) is 43.8 Å². The Balaban J connectivity index is 4.27. The lowest BCUT2D eigenvalue weighted by molar-refractivity contribution is 0.0439. The van der Waals surface area contributed by atoms with Gasteiger partial charge in [0.2, 0.25) is 0 Å². The standard InChI is InChI=1S/C9H20N2O2/c1-6-11(7-9(2,3)13)8(12)10(4)5/h13H,6-7H2,1-5H3. The lowest BCUT2D eigenvalue weighted by Gasteiger charge is -2.30. The van der Waals surface area contributed by atoms with Crippen LogP contribution in [-0.4, -0.2) is 53.7 Å². The molecular weight excluding hydrogens is 168 g/mol. The molecule has 0 atom stereocenters. The van der Waals surface area contributed by atoms with E-state index in [9.17, 15) is 9.90 Å². The van der Waals surface area contributed by atoms with Crippen molar-refractivity contribution >= 4 is 6.03 Å². The number of hydrogen-bond acceptors (Lipinski definition) is 2. The van der Waals surface area contributed by atoms with E-state index in [-0.39, 0.29) is 6.03 Å². The largest absolute Gasteiger partial charge is 0.389 e. The summed E-state index contributed by atoms with van der Waals surface area (Å²) in [6, 6.07) is -0.0652. The van der Waals surface area contributed by atoms with Crippen molar-refractivity contribution in [1.82, 2.24) is 9.80 Å². The summed E-state index contributed by atoms with van der Waals surface area (Å²) in [5.74, 6) is 0. The van der Waals surface area contributed by atoms with E-state index < -0.39 is 5.60 Å². The number of amides is 2. The molecule has 0 fully saturated rings. The summed E-state index contributed by atoms with van der Waals surface area (Å²) in [4.78, 5) is 14.6. The van der Waals surface area contributed by atoms with Crippen LogP contribution >= 0.6 is 0 Å². The SMILES string of the molecule is CCN(CC(C)(C)O)C(=O)N(C)C. The van der Waals surface area contributed by atoms with Crippen molar-refractivity contribution in [3.05, 3.63) is 0 Å². The molecule has 0 saturated heterocycles. The number of hydrogen-bond donors (Lipinski definition) is 1. The lowest BCUT2D eigenvalue weighted by atomic mass is 10.1. The molecule has 0 radical (unpaired) electrons. The van der Waals surface area contributed by atoms with Gasteiger partial charge in [-0.05, 0) is 20.8 Å². The van der Waals surface area contributed by atoms with Crippen LogP contribution < -0.4 is 0 Å². The van der Waals surface area contributed by atoms with Gasteiger partial charge in [0.1, 0.15) is 0 Å². The Kier molecular flexibility index (Phi) is 4.20. The van der Waals surface area contributed by atoms with Gasteiger partial charge < -0.3 is 14.9 Å². The van der Waals surface area contributed by atoms with E-state index in [0.717, 1.165) is 0 Å². The molecule has 0 rings (SSSR count). The number of rotatable bonds is 3. The van der Waals surface area contributed by atoms with Crippen molar-refractivity contribution in [2.24, 2.45) is 0 Å². The molecule has 0 aliphatic rings. The third kappa shape index (κ3) is 4.72. The summed E-state index contributed by atoms with van der Waals surface area (Å²) in [7, 11) is 3.41. The first-order valence-electron chi connectivity index (χ1n) is 4.46. The van der Waals surface area contributed by atoms with Gasteiger partial charge in [0, 0.05) is 20.6 Å². The number of carbonyl (C=O) groups excluding carboxylic acids is 1. The van der Waals surface area contributed by atoms with E-state index >= 15 is 0 Å². The van der Waals surface area contributed by atoms with Gasteiger partial charge in [0.05, 0.1) is 12.1 Å². The van der Waals surface area contributed by atoms with Gasteiger partial charge in [-0.1, -0.05) is 0 Å². The molecule has 78 valence electrons. The molecule has 0 saturated carbocycles. The average Bonchev–Trinajstić information content (AvgIpc) is 1.97. The zero-order valence-corrected chi connectivity index (χ0v) is 9.16. The maximum Gasteiger partial charge on any atom is 0.319 e. The Morgan fingerprint density at radius 2 is 1.85 bits per heavy atom. The highest BCUT2D eigenvalue weighted by atomic mass is 16.3. The molecule has 2 amide bonds. The van der Waals surface area contributed by atoms with Crippen LogP contribution in [0, 0.1) is 0 Å². The average molecular weight is 188 g/mol. The van der Waals surface area contributed by atoms with Crippen molar-refractivity contribution in [3.8, 4) is 0 Å². The highest BCUT2D eigenvalue weighted by Gasteiger charge is 2.21. The van der Waals surface area contributed by atoms with Crippen LogP contribution in [0.1, 0.15) is 20.8 Å². The lowest BCUT2D eigenvalue weighted by Crippen LogP contribution is -2.46. The van der Waals surface area contributed by atoms with E-state index in [2.05, 4.69) is 0 Å². The summed E-state index contributed by atoms with van der Waals surface area (Å²) in [5, 5.41) is 9.54. The Bertz CT molecular complexity index is 173. The Morgan fingerprint density at radius 1 is 1.38 bits per heavy atom. The van der Waals surface area contributed by atoms with Crippen LogP contribution in [0.15, 0.2) is 0 Å². The highest BCUT2D eigenvalue weighted by Crippen LogP contribution is 2.06. The van der Waals surface area contributed by atoms with Crippen molar-refractivity contribution in [2.75, 3.05) is 27.2 Å². The monoisotopic (exact) mass is 188 g/mol. The number of nitrogens with zero attached hydrogens (tertiary/aromatic N) is 2. The second kappa shape index (κ2) is 4.46. The summed E-state index contributed by atoms with van der Waals surface area (Å²) in [6.07, 6.45) is 0. The van der Waals surface area contributed by atoms with Gasteiger partial charge in [-0.15, -0.1) is 0 Å². The summed E-state index contributed by atoms with van der Waals surface area (Å²) in [6.45, 7) is 6.26. The predicted octanol–water partition coefficient (Wildman–Crippen LogP) is 0.761. The first kappa shape index (κ1) is 12.2. The zero-order chi connectivity index (χ0) is 10.6. The summed E-state index contributed by atoms with van der Waals surface area (Å²) in [5.41, 5.74) is -0.832. The van der Waals surface area contributed by atoms with Crippen LogP contribution in [0.4, 0.5) is 4.79 Å². The van der Waals surface area contributed by atoms with Crippen molar-refractivity contribution in [1.29, 1.82) is 0 Å². The van der Waals surface area contributed by atoms with Crippen LogP contribution in [0.25, 0.3) is 0 Å². The van der Waals surface area contributed by atoms with Crippen LogP contribution in [0.2, 0.25) is 0 Å². The Labute approximate surface area is 80.1 Å². The normalized spacial score (nSPS) is 11.2. The Morgan fingerprint density at radius 3 is 2.08 bits per heavy atom. The third-order valence-electron chi connectivity index (χ3n) is 1.61. The van der Waals surface area contributed by atoms with Gasteiger partial charge in [-0.2, -0.15) is 0 Å². The van der Waals surface area contributed by atoms with Gasteiger partial charge >= 0.3 is 6.03 Å². The molecule has 4 nitrogen and oxygen atoms in total. The molecule has 0 heterocycles. The molecule has 0 aromatic carbocycles. The minimum absolute atomic E-state index is 0.0652. The molecule has 0 aromatic heterocycles. The predicted molar refractivity (Wildman–Crippen MR) is 52.6 cm³/mol. The number of aliphatic hydroxyl groups is 1. The van der Waals surface area contributed by atoms with Crippen LogP contribution in [0.5, 0.6) is 0 Å². The molecule has 0 aliphatic heterocycles.